The Hall–Kier alpha value is -2.17. The molecular weight excluding hydrogens is 254 g/mol. The van der Waals surface area contributed by atoms with Gasteiger partial charge in [0.05, 0.1) is 10.4 Å². The van der Waals surface area contributed by atoms with Crippen LogP contribution in [0.5, 0.6) is 0 Å². The maximum absolute atomic E-state index is 10.7. The van der Waals surface area contributed by atoms with Crippen LogP contribution >= 0.6 is 0 Å². The van der Waals surface area contributed by atoms with E-state index in [0.717, 1.165) is 16.7 Å². The molecule has 0 amide bonds. The fraction of sp³-hybridized carbons (Fsp3) is 0.400. The van der Waals surface area contributed by atoms with Crippen molar-refractivity contribution in [2.75, 3.05) is 5.32 Å². The minimum absolute atomic E-state index is 0.0862. The number of fused-ring (bicyclic) bond motifs is 1. The van der Waals surface area contributed by atoms with E-state index in [1.54, 1.807) is 12.1 Å². The maximum atomic E-state index is 10.7. The molecule has 1 atom stereocenters. The van der Waals surface area contributed by atoms with Gasteiger partial charge < -0.3 is 5.32 Å². The zero-order chi connectivity index (χ0) is 14.9. The van der Waals surface area contributed by atoms with Crippen molar-refractivity contribution in [3.05, 3.63) is 40.4 Å². The van der Waals surface area contributed by atoms with Crippen LogP contribution in [0.1, 0.15) is 27.7 Å². The van der Waals surface area contributed by atoms with Crippen molar-refractivity contribution in [3.8, 4) is 0 Å². The molecule has 5 heteroatoms. The molecule has 0 aliphatic carbocycles. The molecule has 1 aromatic carbocycles. The first-order valence-electron chi connectivity index (χ1n) is 6.59. The van der Waals surface area contributed by atoms with Gasteiger partial charge >= 0.3 is 0 Å². The Morgan fingerprint density at radius 2 is 1.95 bits per heavy atom. The van der Waals surface area contributed by atoms with Crippen LogP contribution in [0.25, 0.3) is 10.9 Å². The summed E-state index contributed by atoms with van der Waals surface area (Å²) in [7, 11) is 0. The molecule has 1 N–H and O–H groups in total. The predicted octanol–water partition coefficient (Wildman–Crippen LogP) is 3.99. The highest BCUT2D eigenvalue weighted by atomic mass is 16.6. The Balaban J connectivity index is 2.31. The second-order valence-corrected chi connectivity index (χ2v) is 6.06. The minimum Gasteiger partial charge on any atom is -0.367 e. The molecule has 106 valence electrons. The number of aromatic nitrogens is 1. The average molecular weight is 273 g/mol. The molecule has 2 rings (SSSR count). The van der Waals surface area contributed by atoms with Gasteiger partial charge in [-0.15, -0.1) is 0 Å². The van der Waals surface area contributed by atoms with Crippen molar-refractivity contribution in [1.29, 1.82) is 0 Å². The van der Waals surface area contributed by atoms with Crippen molar-refractivity contribution in [1.82, 2.24) is 4.98 Å². The van der Waals surface area contributed by atoms with E-state index in [-0.39, 0.29) is 17.1 Å². The van der Waals surface area contributed by atoms with Gasteiger partial charge in [0.15, 0.2) is 0 Å². The fourth-order valence-corrected chi connectivity index (χ4v) is 1.75. The Morgan fingerprint density at radius 3 is 2.55 bits per heavy atom. The average Bonchev–Trinajstić information content (AvgIpc) is 2.36. The third-order valence-corrected chi connectivity index (χ3v) is 3.55. The molecule has 0 radical (unpaired) electrons. The van der Waals surface area contributed by atoms with Crippen LogP contribution in [0.4, 0.5) is 11.5 Å². The van der Waals surface area contributed by atoms with Crippen molar-refractivity contribution in [2.24, 2.45) is 5.41 Å². The van der Waals surface area contributed by atoms with Crippen LogP contribution < -0.4 is 5.32 Å². The van der Waals surface area contributed by atoms with E-state index in [2.05, 4.69) is 38.0 Å². The second-order valence-electron chi connectivity index (χ2n) is 6.06. The van der Waals surface area contributed by atoms with E-state index in [1.165, 1.54) is 6.07 Å². The molecule has 0 bridgehead atoms. The molecule has 0 aliphatic heterocycles. The number of pyridine rings is 1. The van der Waals surface area contributed by atoms with Crippen molar-refractivity contribution in [2.45, 2.75) is 33.7 Å². The van der Waals surface area contributed by atoms with Crippen LogP contribution in [0.3, 0.4) is 0 Å². The number of nitro benzene ring substituents is 1. The van der Waals surface area contributed by atoms with Gasteiger partial charge in [-0.2, -0.15) is 0 Å². The summed E-state index contributed by atoms with van der Waals surface area (Å²) in [5.74, 6) is 0.786. The lowest BCUT2D eigenvalue weighted by Gasteiger charge is -2.28. The molecule has 1 heterocycles. The van der Waals surface area contributed by atoms with Gasteiger partial charge in [0.2, 0.25) is 0 Å². The standard InChI is InChI=1S/C15H19N3O2/c1-10(15(2,3)4)16-14-8-5-11-9-12(18(19)20)6-7-13(11)17-14/h5-10H,1-4H3,(H,16,17). The van der Waals surface area contributed by atoms with Crippen molar-refractivity contribution < 1.29 is 4.92 Å². The highest BCUT2D eigenvalue weighted by molar-refractivity contribution is 5.82. The number of hydrogen-bond acceptors (Lipinski definition) is 4. The summed E-state index contributed by atoms with van der Waals surface area (Å²) >= 11 is 0. The lowest BCUT2D eigenvalue weighted by atomic mass is 9.88. The van der Waals surface area contributed by atoms with E-state index in [9.17, 15) is 10.1 Å². The Labute approximate surface area is 118 Å². The Bertz CT molecular complexity index is 647. The molecule has 20 heavy (non-hydrogen) atoms. The number of benzene rings is 1. The summed E-state index contributed by atoms with van der Waals surface area (Å²) in [6.07, 6.45) is 0. The first-order chi connectivity index (χ1) is 9.27. The number of nitro groups is 1. The monoisotopic (exact) mass is 273 g/mol. The van der Waals surface area contributed by atoms with Crippen LogP contribution in [-0.2, 0) is 0 Å². The van der Waals surface area contributed by atoms with Gasteiger partial charge in [0, 0.05) is 23.6 Å². The summed E-state index contributed by atoms with van der Waals surface area (Å²) in [5.41, 5.74) is 0.969. The molecule has 1 unspecified atom stereocenters. The highest BCUT2D eigenvalue weighted by Crippen LogP contribution is 2.24. The van der Waals surface area contributed by atoms with Gasteiger partial charge in [-0.3, -0.25) is 10.1 Å². The number of nitrogens with zero attached hydrogens (tertiary/aromatic N) is 2. The largest absolute Gasteiger partial charge is 0.367 e. The lowest BCUT2D eigenvalue weighted by Crippen LogP contribution is -2.31. The minimum atomic E-state index is -0.396. The van der Waals surface area contributed by atoms with Crippen molar-refractivity contribution >= 4 is 22.4 Å². The first kappa shape index (κ1) is 14.2. The quantitative estimate of drug-likeness (QED) is 0.678. The molecule has 0 saturated heterocycles. The maximum Gasteiger partial charge on any atom is 0.270 e. The molecule has 0 aliphatic rings. The number of nitrogens with one attached hydrogen (secondary N) is 1. The van der Waals surface area contributed by atoms with Gasteiger partial charge in [0.1, 0.15) is 5.82 Å². The van der Waals surface area contributed by atoms with Crippen molar-refractivity contribution in [3.63, 3.8) is 0 Å². The molecule has 0 saturated carbocycles. The van der Waals surface area contributed by atoms with E-state index >= 15 is 0 Å². The number of rotatable bonds is 3. The van der Waals surface area contributed by atoms with Gasteiger partial charge in [-0.25, -0.2) is 4.98 Å². The molecular formula is C15H19N3O2. The third-order valence-electron chi connectivity index (χ3n) is 3.55. The topological polar surface area (TPSA) is 68.1 Å². The summed E-state index contributed by atoms with van der Waals surface area (Å²) < 4.78 is 0. The Kier molecular flexibility index (Phi) is 3.61. The van der Waals surface area contributed by atoms with Gasteiger partial charge in [-0.1, -0.05) is 20.8 Å². The zero-order valence-corrected chi connectivity index (χ0v) is 12.2. The SMILES string of the molecule is CC(Nc1ccc2cc([N+](=O)[O-])ccc2n1)C(C)(C)C. The van der Waals surface area contributed by atoms with Crippen LogP contribution in [0.15, 0.2) is 30.3 Å². The van der Waals surface area contributed by atoms with Gasteiger partial charge in [0.25, 0.3) is 5.69 Å². The normalized spacial score (nSPS) is 13.2. The lowest BCUT2D eigenvalue weighted by molar-refractivity contribution is -0.384. The van der Waals surface area contributed by atoms with E-state index in [1.807, 2.05) is 12.1 Å². The first-order valence-corrected chi connectivity index (χ1v) is 6.59. The molecule has 0 spiro atoms. The fourth-order valence-electron chi connectivity index (χ4n) is 1.75. The molecule has 0 fully saturated rings. The Morgan fingerprint density at radius 1 is 1.25 bits per heavy atom. The van der Waals surface area contributed by atoms with E-state index < -0.39 is 4.92 Å². The van der Waals surface area contributed by atoms with Crippen LogP contribution in [-0.4, -0.2) is 15.9 Å². The zero-order valence-electron chi connectivity index (χ0n) is 12.2. The summed E-state index contributed by atoms with van der Waals surface area (Å²) in [6.45, 7) is 8.60. The summed E-state index contributed by atoms with van der Waals surface area (Å²) in [5, 5.41) is 14.9. The van der Waals surface area contributed by atoms with E-state index in [0.29, 0.717) is 0 Å². The number of hydrogen-bond donors (Lipinski definition) is 1. The summed E-state index contributed by atoms with van der Waals surface area (Å²) in [4.78, 5) is 14.8. The van der Waals surface area contributed by atoms with Crippen LogP contribution in [0, 0.1) is 15.5 Å². The molecule has 1 aromatic heterocycles. The molecule has 2 aromatic rings. The number of non-ortho nitro benzene ring substituents is 1. The van der Waals surface area contributed by atoms with E-state index in [4.69, 9.17) is 0 Å². The highest BCUT2D eigenvalue weighted by Gasteiger charge is 2.20. The predicted molar refractivity (Wildman–Crippen MR) is 80.9 cm³/mol. The summed E-state index contributed by atoms with van der Waals surface area (Å²) in [6, 6.07) is 8.68. The smallest absolute Gasteiger partial charge is 0.270 e. The van der Waals surface area contributed by atoms with Gasteiger partial charge in [-0.05, 0) is 30.5 Å². The second kappa shape index (κ2) is 5.07. The third kappa shape index (κ3) is 3.04. The number of anilines is 1. The van der Waals surface area contributed by atoms with Crippen LogP contribution in [0.2, 0.25) is 0 Å². The molecule has 5 nitrogen and oxygen atoms in total.